The first-order valence-corrected chi connectivity index (χ1v) is 12.0. The largest absolute Gasteiger partial charge is 0.507 e. The van der Waals surface area contributed by atoms with E-state index in [4.69, 9.17) is 4.74 Å². The Morgan fingerprint density at radius 1 is 1.16 bits per heavy atom. The molecule has 190 valence electrons. The first-order valence-electron chi connectivity index (χ1n) is 11.2. The van der Waals surface area contributed by atoms with E-state index in [0.29, 0.717) is 28.1 Å². The number of carbonyl (C=O) groups excluding carboxylic acids is 1. The molecule has 7 nitrogen and oxygen atoms in total. The molecule has 0 bridgehead atoms. The fraction of sp³-hybridized carbons (Fsp3) is 0.148. The lowest BCUT2D eigenvalue weighted by Crippen LogP contribution is -2.13. The van der Waals surface area contributed by atoms with Crippen molar-refractivity contribution in [1.29, 1.82) is 0 Å². The summed E-state index contributed by atoms with van der Waals surface area (Å²) in [5.74, 6) is -3.41. The van der Waals surface area contributed by atoms with Gasteiger partial charge in [-0.2, -0.15) is 4.99 Å². The third-order valence-corrected chi connectivity index (χ3v) is 6.64. The number of carbonyl (C=O) groups is 2. The molecule has 1 amide bonds. The minimum atomic E-state index is -1.11. The number of aliphatic imine (C=N–C) groups is 1. The Kier molecular flexibility index (Phi) is 7.58. The van der Waals surface area contributed by atoms with E-state index in [1.54, 1.807) is 19.1 Å². The third kappa shape index (κ3) is 5.64. The number of methoxy groups -OCH3 is 1. The molecular formula is C27H22F2N2O5S. The number of ether oxygens (including phenoxy) is 1. The van der Waals surface area contributed by atoms with E-state index in [9.17, 15) is 28.6 Å². The number of aromatic hydroxyl groups is 1. The predicted octanol–water partition coefficient (Wildman–Crippen LogP) is 6.01. The van der Waals surface area contributed by atoms with Gasteiger partial charge in [0, 0.05) is 22.4 Å². The molecule has 3 N–H and O–H groups in total. The van der Waals surface area contributed by atoms with Gasteiger partial charge in [-0.25, -0.2) is 8.78 Å². The highest BCUT2D eigenvalue weighted by molar-refractivity contribution is 8.18. The van der Waals surface area contributed by atoms with Crippen LogP contribution in [0.25, 0.3) is 17.2 Å². The molecule has 1 unspecified atom stereocenters. The number of nitrogens with zero attached hydrogens (tertiary/aromatic N) is 1. The van der Waals surface area contributed by atoms with Crippen molar-refractivity contribution in [2.24, 2.45) is 4.99 Å². The van der Waals surface area contributed by atoms with Crippen LogP contribution in [0.15, 0.2) is 64.5 Å². The number of phenols is 1. The first kappa shape index (κ1) is 25.9. The lowest BCUT2D eigenvalue weighted by atomic mass is 9.96. The molecule has 1 atom stereocenters. The Balaban J connectivity index is 1.55. The summed E-state index contributed by atoms with van der Waals surface area (Å²) in [7, 11) is 1.47. The highest BCUT2D eigenvalue weighted by Crippen LogP contribution is 2.36. The molecule has 0 fully saturated rings. The minimum Gasteiger partial charge on any atom is -0.507 e. The number of hydrogen-bond donors (Lipinski definition) is 3. The fourth-order valence-electron chi connectivity index (χ4n) is 3.89. The summed E-state index contributed by atoms with van der Waals surface area (Å²) in [6.07, 6.45) is 1.70. The number of carboxylic acids is 1. The van der Waals surface area contributed by atoms with Gasteiger partial charge in [-0.15, -0.1) is 0 Å². The Morgan fingerprint density at radius 2 is 1.95 bits per heavy atom. The quantitative estimate of drug-likeness (QED) is 0.325. The molecule has 37 heavy (non-hydrogen) atoms. The summed E-state index contributed by atoms with van der Waals surface area (Å²) >= 11 is 0.993. The monoisotopic (exact) mass is 524 g/mol. The summed E-state index contributed by atoms with van der Waals surface area (Å²) in [6.45, 7) is 1.66. The van der Waals surface area contributed by atoms with Crippen LogP contribution < -0.4 is 10.1 Å². The van der Waals surface area contributed by atoms with Crippen LogP contribution in [0.3, 0.4) is 0 Å². The molecule has 3 aromatic rings. The number of aliphatic carboxylic acids is 1. The normalized spacial score (nSPS) is 15.0. The van der Waals surface area contributed by atoms with E-state index in [-0.39, 0.29) is 27.8 Å². The average molecular weight is 525 g/mol. The van der Waals surface area contributed by atoms with Gasteiger partial charge in [0.05, 0.1) is 17.9 Å². The molecule has 0 spiro atoms. The van der Waals surface area contributed by atoms with Gasteiger partial charge in [0.25, 0.3) is 5.91 Å². The maximum atomic E-state index is 14.6. The van der Waals surface area contributed by atoms with Gasteiger partial charge in [-0.1, -0.05) is 19.1 Å². The molecule has 10 heteroatoms. The van der Waals surface area contributed by atoms with Gasteiger partial charge in [-0.3, -0.25) is 9.59 Å². The number of benzene rings is 3. The van der Waals surface area contributed by atoms with Crippen molar-refractivity contribution in [3.05, 3.63) is 82.3 Å². The predicted molar refractivity (Wildman–Crippen MR) is 139 cm³/mol. The van der Waals surface area contributed by atoms with Crippen molar-refractivity contribution >= 4 is 40.6 Å². The Bertz CT molecular complexity index is 1450. The number of anilines is 1. The number of halogens is 2. The molecule has 0 saturated carbocycles. The molecule has 1 aliphatic heterocycles. The summed E-state index contributed by atoms with van der Waals surface area (Å²) < 4.78 is 33.7. The SMILES string of the molecule is CCC(C(=O)O)c1ccc(NC2=NC(=O)C(=Cc3cc(-c4cc(F)ccc4OC)ccc3O)S2)cc1F. The zero-order valence-electron chi connectivity index (χ0n) is 19.8. The number of carboxylic acid groups (broad SMARTS) is 1. The van der Waals surface area contributed by atoms with Crippen molar-refractivity contribution in [3.63, 3.8) is 0 Å². The minimum absolute atomic E-state index is 0.0727. The number of thioether (sulfide) groups is 1. The van der Waals surface area contributed by atoms with Gasteiger partial charge in [0.15, 0.2) is 5.17 Å². The van der Waals surface area contributed by atoms with Crippen LogP contribution >= 0.6 is 11.8 Å². The van der Waals surface area contributed by atoms with Crippen LogP contribution in [0, 0.1) is 11.6 Å². The molecule has 0 aliphatic carbocycles. The topological polar surface area (TPSA) is 108 Å². The van der Waals surface area contributed by atoms with Gasteiger partial charge >= 0.3 is 5.97 Å². The number of hydrogen-bond acceptors (Lipinski definition) is 6. The van der Waals surface area contributed by atoms with Crippen LogP contribution in [-0.2, 0) is 9.59 Å². The van der Waals surface area contributed by atoms with Gasteiger partial charge in [-0.05, 0) is 72.3 Å². The lowest BCUT2D eigenvalue weighted by Gasteiger charge is -2.13. The van der Waals surface area contributed by atoms with Crippen LogP contribution in [0.5, 0.6) is 11.5 Å². The number of amidine groups is 1. The molecule has 0 radical (unpaired) electrons. The molecule has 0 saturated heterocycles. The van der Waals surface area contributed by atoms with Crippen molar-refractivity contribution in [2.75, 3.05) is 12.4 Å². The van der Waals surface area contributed by atoms with Gasteiger partial charge < -0.3 is 20.3 Å². The summed E-state index contributed by atoms with van der Waals surface area (Å²) in [6, 6.07) is 12.8. The molecule has 1 aliphatic rings. The number of amides is 1. The maximum Gasteiger partial charge on any atom is 0.311 e. The standard InChI is InChI=1S/C27H22F2N2O5S/c1-3-18(26(34)35)19-7-6-17(13-21(19)29)30-27-31-25(33)24(37-27)11-15-10-14(4-8-22(15)32)20-12-16(28)5-9-23(20)36-2/h4-13,18,32H,3H2,1-2H3,(H,34,35)(H,30,31,33). The van der Waals surface area contributed by atoms with E-state index in [1.165, 1.54) is 49.6 Å². The number of nitrogens with one attached hydrogen (secondary N) is 1. The Morgan fingerprint density at radius 3 is 2.62 bits per heavy atom. The van der Waals surface area contributed by atoms with Crippen molar-refractivity contribution in [2.45, 2.75) is 19.3 Å². The lowest BCUT2D eigenvalue weighted by molar-refractivity contribution is -0.139. The van der Waals surface area contributed by atoms with Crippen LogP contribution in [0.2, 0.25) is 0 Å². The zero-order chi connectivity index (χ0) is 26.7. The summed E-state index contributed by atoms with van der Waals surface area (Å²) in [5.41, 5.74) is 1.72. The molecular weight excluding hydrogens is 502 g/mol. The van der Waals surface area contributed by atoms with Crippen molar-refractivity contribution < 1.29 is 33.3 Å². The van der Waals surface area contributed by atoms with Crippen molar-refractivity contribution in [3.8, 4) is 22.6 Å². The highest BCUT2D eigenvalue weighted by Gasteiger charge is 2.24. The van der Waals surface area contributed by atoms with Crippen molar-refractivity contribution in [1.82, 2.24) is 0 Å². The third-order valence-electron chi connectivity index (χ3n) is 5.74. The van der Waals surface area contributed by atoms with E-state index in [2.05, 4.69) is 10.3 Å². The summed E-state index contributed by atoms with van der Waals surface area (Å²) in [4.78, 5) is 28.0. The zero-order valence-corrected chi connectivity index (χ0v) is 20.6. The second kappa shape index (κ2) is 10.8. The van der Waals surface area contributed by atoms with E-state index in [0.717, 1.165) is 17.8 Å². The van der Waals surface area contributed by atoms with E-state index < -0.39 is 29.4 Å². The van der Waals surface area contributed by atoms with Crippen LogP contribution in [-0.4, -0.2) is 34.4 Å². The molecule has 1 heterocycles. The number of phenolic OH excluding ortho intramolecular Hbond substituents is 1. The van der Waals surface area contributed by atoms with E-state index >= 15 is 0 Å². The smallest absolute Gasteiger partial charge is 0.311 e. The van der Waals surface area contributed by atoms with E-state index in [1.807, 2.05) is 0 Å². The second-order valence-corrected chi connectivity index (χ2v) is 9.14. The van der Waals surface area contributed by atoms with Crippen LogP contribution in [0.4, 0.5) is 14.5 Å². The van der Waals surface area contributed by atoms with Gasteiger partial charge in [0.2, 0.25) is 0 Å². The highest BCUT2D eigenvalue weighted by atomic mass is 32.2. The molecule has 4 rings (SSSR count). The van der Waals surface area contributed by atoms with Crippen LogP contribution in [0.1, 0.15) is 30.4 Å². The maximum absolute atomic E-state index is 14.6. The molecule has 0 aromatic heterocycles. The van der Waals surface area contributed by atoms with Gasteiger partial charge in [0.1, 0.15) is 23.1 Å². The summed E-state index contributed by atoms with van der Waals surface area (Å²) in [5, 5.41) is 22.7. The molecule has 3 aromatic carbocycles. The average Bonchev–Trinajstić information content (AvgIpc) is 3.20. The fourth-order valence-corrected chi connectivity index (χ4v) is 4.71. The Labute approximate surface area is 215 Å². The second-order valence-electron chi connectivity index (χ2n) is 8.11. The first-order chi connectivity index (χ1) is 17.7. The Hall–Kier alpha value is -4.18. The number of rotatable bonds is 7.